The summed E-state index contributed by atoms with van der Waals surface area (Å²) < 4.78 is 10.5. The number of aliphatic imine (C=N–C) groups is 1. The van der Waals surface area contributed by atoms with Gasteiger partial charge in [-0.2, -0.15) is 0 Å². The van der Waals surface area contributed by atoms with Crippen molar-refractivity contribution in [1.29, 1.82) is 0 Å². The molecule has 29 heavy (non-hydrogen) atoms. The first-order valence-corrected chi connectivity index (χ1v) is 10.7. The normalized spacial score (nSPS) is 17.1. The van der Waals surface area contributed by atoms with Crippen molar-refractivity contribution < 1.29 is 9.47 Å². The van der Waals surface area contributed by atoms with Crippen molar-refractivity contribution in [3.05, 3.63) is 24.3 Å². The highest BCUT2D eigenvalue weighted by Crippen LogP contribution is 2.26. The van der Waals surface area contributed by atoms with Gasteiger partial charge in [0.05, 0.1) is 7.11 Å². The molecule has 1 aliphatic rings. The summed E-state index contributed by atoms with van der Waals surface area (Å²) in [6, 6.07) is 8.31. The smallest absolute Gasteiger partial charge is 0.191 e. The third kappa shape index (κ3) is 8.50. The minimum Gasteiger partial charge on any atom is -0.497 e. The van der Waals surface area contributed by atoms with E-state index in [0.717, 1.165) is 70.6 Å². The zero-order valence-electron chi connectivity index (χ0n) is 18.6. The van der Waals surface area contributed by atoms with Gasteiger partial charge in [-0.25, -0.2) is 0 Å². The highest BCUT2D eigenvalue weighted by molar-refractivity contribution is 5.79. The zero-order valence-corrected chi connectivity index (χ0v) is 18.6. The second-order valence-electron chi connectivity index (χ2n) is 7.60. The van der Waals surface area contributed by atoms with Gasteiger partial charge in [0.25, 0.3) is 0 Å². The first-order chi connectivity index (χ1) is 14.2. The van der Waals surface area contributed by atoms with E-state index in [1.165, 1.54) is 12.1 Å². The Morgan fingerprint density at radius 1 is 1.28 bits per heavy atom. The molecule has 0 saturated carbocycles. The molecule has 0 bridgehead atoms. The van der Waals surface area contributed by atoms with Crippen LogP contribution in [0.1, 0.15) is 19.8 Å². The summed E-state index contributed by atoms with van der Waals surface area (Å²) in [7, 11) is 5.61. The number of nitrogens with zero attached hydrogens (tertiary/aromatic N) is 3. The monoisotopic (exact) mass is 405 g/mol. The molecule has 7 nitrogen and oxygen atoms in total. The molecule has 2 N–H and O–H groups in total. The largest absolute Gasteiger partial charge is 0.497 e. The van der Waals surface area contributed by atoms with E-state index in [1.54, 1.807) is 14.2 Å². The van der Waals surface area contributed by atoms with Gasteiger partial charge in [0.1, 0.15) is 5.75 Å². The SMILES string of the molecule is CCNC(=NCC1CCN(c2cccc(OC)c2)C1)NCCN(C)CCCOC. The molecule has 0 aliphatic carbocycles. The van der Waals surface area contributed by atoms with Crippen LogP contribution in [0.15, 0.2) is 29.3 Å². The Morgan fingerprint density at radius 2 is 2.14 bits per heavy atom. The Morgan fingerprint density at radius 3 is 2.90 bits per heavy atom. The summed E-state index contributed by atoms with van der Waals surface area (Å²) in [4.78, 5) is 9.58. The number of benzene rings is 1. The van der Waals surface area contributed by atoms with Gasteiger partial charge in [0.15, 0.2) is 5.96 Å². The summed E-state index contributed by atoms with van der Waals surface area (Å²) >= 11 is 0. The second-order valence-corrected chi connectivity index (χ2v) is 7.60. The van der Waals surface area contributed by atoms with E-state index in [0.29, 0.717) is 5.92 Å². The van der Waals surface area contributed by atoms with Crippen LogP contribution in [-0.4, -0.2) is 84.5 Å². The molecule has 1 aliphatic heterocycles. The minimum absolute atomic E-state index is 0.577. The third-order valence-corrected chi connectivity index (χ3v) is 5.23. The van der Waals surface area contributed by atoms with Crippen molar-refractivity contribution in [1.82, 2.24) is 15.5 Å². The summed E-state index contributed by atoms with van der Waals surface area (Å²) in [5.41, 5.74) is 1.23. The lowest BCUT2D eigenvalue weighted by Crippen LogP contribution is -2.41. The Bertz CT molecular complexity index is 611. The molecule has 0 radical (unpaired) electrons. The average molecular weight is 406 g/mol. The van der Waals surface area contributed by atoms with E-state index in [4.69, 9.17) is 14.5 Å². The van der Waals surface area contributed by atoms with Crippen molar-refractivity contribution in [3.8, 4) is 5.75 Å². The van der Waals surface area contributed by atoms with Crippen molar-refractivity contribution in [3.63, 3.8) is 0 Å². The number of methoxy groups -OCH3 is 2. The summed E-state index contributed by atoms with van der Waals surface area (Å²) in [6.07, 6.45) is 2.23. The molecular weight excluding hydrogens is 366 g/mol. The molecule has 1 unspecified atom stereocenters. The number of anilines is 1. The van der Waals surface area contributed by atoms with Gasteiger partial charge in [-0.1, -0.05) is 6.07 Å². The Kier molecular flexibility index (Phi) is 10.7. The lowest BCUT2D eigenvalue weighted by Gasteiger charge is -2.19. The quantitative estimate of drug-likeness (QED) is 0.315. The van der Waals surface area contributed by atoms with Gasteiger partial charge in [0, 0.05) is 71.3 Å². The maximum absolute atomic E-state index is 5.35. The van der Waals surface area contributed by atoms with E-state index in [1.807, 2.05) is 6.07 Å². The molecule has 1 saturated heterocycles. The minimum atomic E-state index is 0.577. The van der Waals surface area contributed by atoms with E-state index in [2.05, 4.69) is 52.6 Å². The summed E-state index contributed by atoms with van der Waals surface area (Å²) in [5, 5.41) is 6.82. The predicted molar refractivity (Wildman–Crippen MR) is 121 cm³/mol. The van der Waals surface area contributed by atoms with Crippen LogP contribution in [0.25, 0.3) is 0 Å². The van der Waals surface area contributed by atoms with Crippen LogP contribution in [-0.2, 0) is 4.74 Å². The molecule has 1 heterocycles. The lowest BCUT2D eigenvalue weighted by molar-refractivity contribution is 0.180. The van der Waals surface area contributed by atoms with E-state index in [9.17, 15) is 0 Å². The molecule has 1 fully saturated rings. The predicted octanol–water partition coefficient (Wildman–Crippen LogP) is 2.04. The van der Waals surface area contributed by atoms with Gasteiger partial charge in [0.2, 0.25) is 0 Å². The first-order valence-electron chi connectivity index (χ1n) is 10.7. The average Bonchev–Trinajstić information content (AvgIpc) is 3.21. The van der Waals surface area contributed by atoms with Crippen LogP contribution in [0.5, 0.6) is 5.75 Å². The van der Waals surface area contributed by atoms with Crippen LogP contribution in [0.4, 0.5) is 5.69 Å². The number of hydrogen-bond acceptors (Lipinski definition) is 5. The Hall–Kier alpha value is -1.99. The highest BCUT2D eigenvalue weighted by atomic mass is 16.5. The summed E-state index contributed by atoms with van der Waals surface area (Å²) in [6.45, 7) is 9.67. The van der Waals surface area contributed by atoms with Gasteiger partial charge >= 0.3 is 0 Å². The number of rotatable bonds is 12. The van der Waals surface area contributed by atoms with Gasteiger partial charge in [-0.3, -0.25) is 4.99 Å². The number of guanidine groups is 1. The van der Waals surface area contributed by atoms with E-state index >= 15 is 0 Å². The molecule has 1 aromatic rings. The maximum atomic E-state index is 5.35. The molecule has 0 amide bonds. The number of hydrogen-bond donors (Lipinski definition) is 2. The van der Waals surface area contributed by atoms with E-state index < -0.39 is 0 Å². The van der Waals surface area contributed by atoms with Crippen LogP contribution in [0.3, 0.4) is 0 Å². The van der Waals surface area contributed by atoms with Crippen LogP contribution in [0, 0.1) is 5.92 Å². The third-order valence-electron chi connectivity index (χ3n) is 5.23. The van der Waals surface area contributed by atoms with Crippen molar-refractivity contribution in [2.75, 3.05) is 78.6 Å². The molecular formula is C22H39N5O2. The molecule has 0 spiro atoms. The standard InChI is InChI=1S/C22H39N5O2/c1-5-23-22(24-11-14-26(2)12-7-15-28-3)25-17-19-10-13-27(18-19)20-8-6-9-21(16-20)29-4/h6,8-9,16,19H,5,7,10-15,17-18H2,1-4H3,(H2,23,24,25). The van der Waals surface area contributed by atoms with Crippen LogP contribution >= 0.6 is 0 Å². The molecule has 1 aromatic carbocycles. The number of ether oxygens (including phenoxy) is 2. The first kappa shape index (κ1) is 23.3. The molecule has 1 atom stereocenters. The van der Waals surface area contributed by atoms with Crippen molar-refractivity contribution in [2.45, 2.75) is 19.8 Å². The fraction of sp³-hybridized carbons (Fsp3) is 0.682. The van der Waals surface area contributed by atoms with Crippen molar-refractivity contribution in [2.24, 2.45) is 10.9 Å². The van der Waals surface area contributed by atoms with Crippen molar-refractivity contribution >= 4 is 11.6 Å². The molecule has 7 heteroatoms. The van der Waals surface area contributed by atoms with Gasteiger partial charge < -0.3 is 29.9 Å². The van der Waals surface area contributed by atoms with E-state index in [-0.39, 0.29) is 0 Å². The van der Waals surface area contributed by atoms with Gasteiger partial charge in [-0.15, -0.1) is 0 Å². The molecule has 0 aromatic heterocycles. The Labute approximate surface area is 176 Å². The number of likely N-dealkylation sites (N-methyl/N-ethyl adjacent to an activating group) is 1. The van der Waals surface area contributed by atoms with Crippen LogP contribution < -0.4 is 20.3 Å². The number of nitrogens with one attached hydrogen (secondary N) is 2. The van der Waals surface area contributed by atoms with Gasteiger partial charge in [-0.05, 0) is 44.9 Å². The topological polar surface area (TPSA) is 61.4 Å². The lowest BCUT2D eigenvalue weighted by atomic mass is 10.1. The highest BCUT2D eigenvalue weighted by Gasteiger charge is 2.22. The molecule has 2 rings (SSSR count). The Balaban J connectivity index is 1.76. The zero-order chi connectivity index (χ0) is 20.9. The maximum Gasteiger partial charge on any atom is 0.191 e. The summed E-state index contributed by atoms with van der Waals surface area (Å²) in [5.74, 6) is 2.40. The fourth-order valence-corrected chi connectivity index (χ4v) is 3.54. The second kappa shape index (κ2) is 13.3. The fourth-order valence-electron chi connectivity index (χ4n) is 3.54. The van der Waals surface area contributed by atoms with Crippen LogP contribution in [0.2, 0.25) is 0 Å². The molecule has 164 valence electrons.